The molecule has 2 N–H and O–H groups in total. The van der Waals surface area contributed by atoms with Crippen molar-refractivity contribution in [3.05, 3.63) is 29.8 Å². The van der Waals surface area contributed by atoms with Crippen LogP contribution < -0.4 is 5.73 Å². The van der Waals surface area contributed by atoms with Crippen LogP contribution in [0.1, 0.15) is 11.0 Å². The summed E-state index contributed by atoms with van der Waals surface area (Å²) in [5.74, 6) is 0. The van der Waals surface area contributed by atoms with Crippen LogP contribution in [0.5, 0.6) is 0 Å². The van der Waals surface area contributed by atoms with E-state index < -0.39 is 11.5 Å². The van der Waals surface area contributed by atoms with Gasteiger partial charge in [0.1, 0.15) is 0 Å². The zero-order chi connectivity index (χ0) is 9.84. The number of rotatable bonds is 2. The SMILES string of the molecule is NC(=O)OC(S)c1ccc(S)cc1. The third-order valence-electron chi connectivity index (χ3n) is 1.41. The Morgan fingerprint density at radius 1 is 1.38 bits per heavy atom. The van der Waals surface area contributed by atoms with Gasteiger partial charge in [0.2, 0.25) is 0 Å². The van der Waals surface area contributed by atoms with Crippen molar-refractivity contribution < 1.29 is 9.53 Å². The van der Waals surface area contributed by atoms with Crippen LogP contribution in [0.25, 0.3) is 0 Å². The van der Waals surface area contributed by atoms with E-state index in [1.54, 1.807) is 24.3 Å². The molecule has 13 heavy (non-hydrogen) atoms. The van der Waals surface area contributed by atoms with Crippen LogP contribution in [-0.4, -0.2) is 6.09 Å². The average molecular weight is 215 g/mol. The van der Waals surface area contributed by atoms with Gasteiger partial charge in [0.15, 0.2) is 5.44 Å². The number of ether oxygens (including phenoxy) is 1. The molecule has 0 aromatic heterocycles. The Hall–Kier alpha value is -0.810. The van der Waals surface area contributed by atoms with Crippen LogP contribution in [0.2, 0.25) is 0 Å². The molecule has 0 spiro atoms. The van der Waals surface area contributed by atoms with Gasteiger partial charge in [-0.15, -0.1) is 25.3 Å². The second-order valence-corrected chi connectivity index (χ2v) is 3.37. The summed E-state index contributed by atoms with van der Waals surface area (Å²) in [6, 6.07) is 7.10. The molecule has 70 valence electrons. The van der Waals surface area contributed by atoms with E-state index in [4.69, 9.17) is 5.73 Å². The zero-order valence-corrected chi connectivity index (χ0v) is 8.46. The standard InChI is InChI=1S/C8H9NO2S2/c9-8(10)11-7(13)5-1-3-6(12)4-2-5/h1-4,7,12-13H,(H2,9,10). The largest absolute Gasteiger partial charge is 0.431 e. The number of amides is 1. The van der Waals surface area contributed by atoms with Crippen molar-refractivity contribution in [3.63, 3.8) is 0 Å². The first-order valence-corrected chi connectivity index (χ1v) is 4.49. The van der Waals surface area contributed by atoms with E-state index in [1.807, 2.05) is 0 Å². The summed E-state index contributed by atoms with van der Waals surface area (Å²) in [5.41, 5.74) is 4.98. The molecule has 5 heteroatoms. The summed E-state index contributed by atoms with van der Waals surface area (Å²) in [4.78, 5) is 11.2. The van der Waals surface area contributed by atoms with Gasteiger partial charge in [-0.25, -0.2) is 4.79 Å². The molecular formula is C8H9NO2S2. The van der Waals surface area contributed by atoms with Crippen LogP contribution >= 0.6 is 25.3 Å². The van der Waals surface area contributed by atoms with Crippen molar-refractivity contribution in [2.45, 2.75) is 10.3 Å². The molecule has 3 nitrogen and oxygen atoms in total. The molecule has 1 aromatic carbocycles. The van der Waals surface area contributed by atoms with Crippen molar-refractivity contribution in [1.82, 2.24) is 0 Å². The fourth-order valence-electron chi connectivity index (χ4n) is 0.817. The molecule has 0 bridgehead atoms. The van der Waals surface area contributed by atoms with Crippen LogP contribution in [0, 0.1) is 0 Å². The summed E-state index contributed by atoms with van der Waals surface area (Å²) in [7, 11) is 0. The highest BCUT2D eigenvalue weighted by molar-refractivity contribution is 7.80. The zero-order valence-electron chi connectivity index (χ0n) is 6.68. The minimum atomic E-state index is -0.838. The molecule has 1 rings (SSSR count). The molecule has 1 atom stereocenters. The molecule has 0 aliphatic heterocycles. The molecule has 0 fully saturated rings. The number of thiol groups is 2. The molecule has 1 amide bonds. The summed E-state index contributed by atoms with van der Waals surface area (Å²) < 4.78 is 4.65. The molecule has 0 heterocycles. The first-order chi connectivity index (χ1) is 6.09. The maximum Gasteiger partial charge on any atom is 0.405 e. The molecule has 0 aliphatic carbocycles. The number of nitrogens with two attached hydrogens (primary N) is 1. The lowest BCUT2D eigenvalue weighted by Gasteiger charge is -2.10. The lowest BCUT2D eigenvalue weighted by atomic mass is 10.2. The maximum absolute atomic E-state index is 10.4. The van der Waals surface area contributed by atoms with E-state index in [9.17, 15) is 4.79 Å². The minimum absolute atomic E-state index is 0.619. The Morgan fingerprint density at radius 3 is 2.38 bits per heavy atom. The average Bonchev–Trinajstić information content (AvgIpc) is 2.04. The van der Waals surface area contributed by atoms with Gasteiger partial charge < -0.3 is 10.5 Å². The molecule has 0 radical (unpaired) electrons. The Kier molecular flexibility index (Phi) is 3.50. The van der Waals surface area contributed by atoms with Crippen LogP contribution in [-0.2, 0) is 4.74 Å². The van der Waals surface area contributed by atoms with Gasteiger partial charge in [0.05, 0.1) is 0 Å². The third kappa shape index (κ3) is 3.20. The molecular weight excluding hydrogens is 206 g/mol. The predicted octanol–water partition coefficient (Wildman–Crippen LogP) is 2.00. The van der Waals surface area contributed by atoms with Gasteiger partial charge in [0.25, 0.3) is 0 Å². The van der Waals surface area contributed by atoms with Gasteiger partial charge in [-0.05, 0) is 12.1 Å². The summed E-state index contributed by atoms with van der Waals surface area (Å²) in [6.45, 7) is 0. The number of primary amides is 1. The van der Waals surface area contributed by atoms with E-state index in [-0.39, 0.29) is 0 Å². The number of carbonyl (C=O) groups is 1. The number of carbonyl (C=O) groups excluding carboxylic acids is 1. The van der Waals surface area contributed by atoms with Crippen molar-refractivity contribution >= 4 is 31.4 Å². The second-order valence-electron chi connectivity index (χ2n) is 2.38. The fraction of sp³-hybridized carbons (Fsp3) is 0.125. The van der Waals surface area contributed by atoms with Crippen LogP contribution in [0.3, 0.4) is 0 Å². The Morgan fingerprint density at radius 2 is 1.92 bits per heavy atom. The van der Waals surface area contributed by atoms with Gasteiger partial charge >= 0.3 is 6.09 Å². The predicted molar refractivity (Wildman–Crippen MR) is 56.1 cm³/mol. The first-order valence-electron chi connectivity index (χ1n) is 3.52. The molecule has 0 saturated carbocycles. The second kappa shape index (κ2) is 4.43. The molecule has 0 saturated heterocycles. The summed E-state index contributed by atoms with van der Waals surface area (Å²) in [5, 5.41) is 0. The summed E-state index contributed by atoms with van der Waals surface area (Å²) >= 11 is 8.16. The van der Waals surface area contributed by atoms with Crippen LogP contribution in [0.4, 0.5) is 4.79 Å². The Balaban J connectivity index is 2.71. The minimum Gasteiger partial charge on any atom is -0.431 e. The van der Waals surface area contributed by atoms with Crippen molar-refractivity contribution in [2.75, 3.05) is 0 Å². The molecule has 1 unspecified atom stereocenters. The number of benzene rings is 1. The highest BCUT2D eigenvalue weighted by atomic mass is 32.1. The monoisotopic (exact) mass is 215 g/mol. The van der Waals surface area contributed by atoms with Crippen LogP contribution in [0.15, 0.2) is 29.2 Å². The van der Waals surface area contributed by atoms with Gasteiger partial charge in [0, 0.05) is 10.5 Å². The van der Waals surface area contributed by atoms with Crippen molar-refractivity contribution in [2.24, 2.45) is 5.73 Å². The van der Waals surface area contributed by atoms with Gasteiger partial charge in [-0.2, -0.15) is 0 Å². The lowest BCUT2D eigenvalue weighted by Crippen LogP contribution is -2.14. The van der Waals surface area contributed by atoms with Crippen molar-refractivity contribution in [3.8, 4) is 0 Å². The Bertz CT molecular complexity index is 300. The third-order valence-corrected chi connectivity index (χ3v) is 2.11. The smallest absolute Gasteiger partial charge is 0.405 e. The maximum atomic E-state index is 10.4. The van der Waals surface area contributed by atoms with E-state index in [0.717, 1.165) is 10.5 Å². The first kappa shape index (κ1) is 10.3. The van der Waals surface area contributed by atoms with E-state index in [1.165, 1.54) is 0 Å². The highest BCUT2D eigenvalue weighted by Crippen LogP contribution is 2.22. The Labute approximate surface area is 87.1 Å². The lowest BCUT2D eigenvalue weighted by molar-refractivity contribution is 0.147. The highest BCUT2D eigenvalue weighted by Gasteiger charge is 2.08. The normalized spacial score (nSPS) is 12.2. The van der Waals surface area contributed by atoms with E-state index >= 15 is 0 Å². The van der Waals surface area contributed by atoms with Gasteiger partial charge in [-0.1, -0.05) is 12.1 Å². The fourth-order valence-corrected chi connectivity index (χ4v) is 1.24. The van der Waals surface area contributed by atoms with E-state index in [0.29, 0.717) is 0 Å². The summed E-state index contributed by atoms with van der Waals surface area (Å²) in [6.07, 6.45) is -0.838. The number of hydrogen-bond donors (Lipinski definition) is 3. The van der Waals surface area contributed by atoms with Crippen molar-refractivity contribution in [1.29, 1.82) is 0 Å². The quantitative estimate of drug-likeness (QED) is 0.522. The topological polar surface area (TPSA) is 52.3 Å². The van der Waals surface area contributed by atoms with E-state index in [2.05, 4.69) is 30.0 Å². The molecule has 1 aromatic rings. The molecule has 0 aliphatic rings. The van der Waals surface area contributed by atoms with Gasteiger partial charge in [-0.3, -0.25) is 0 Å². The number of hydrogen-bond acceptors (Lipinski definition) is 4.